The number of anilines is 1. The molecule has 1 aromatic heterocycles. The van der Waals surface area contributed by atoms with E-state index in [1.807, 2.05) is 0 Å². The summed E-state index contributed by atoms with van der Waals surface area (Å²) in [5, 5.41) is 11.6. The molecule has 0 spiro atoms. The number of hydrogen-bond donors (Lipinski definition) is 2. The van der Waals surface area contributed by atoms with Gasteiger partial charge in [-0.25, -0.2) is 9.78 Å². The van der Waals surface area contributed by atoms with E-state index in [2.05, 4.69) is 22.1 Å². The van der Waals surface area contributed by atoms with Crippen LogP contribution in [0.1, 0.15) is 17.3 Å². The molecule has 0 unspecified atom stereocenters. The van der Waals surface area contributed by atoms with Crippen molar-refractivity contribution in [1.29, 1.82) is 0 Å². The van der Waals surface area contributed by atoms with Crippen molar-refractivity contribution in [2.24, 2.45) is 0 Å². The average Bonchev–Trinajstić information content (AvgIpc) is 2.19. The molecule has 0 saturated heterocycles. The summed E-state index contributed by atoms with van der Waals surface area (Å²) in [7, 11) is 0. The quantitative estimate of drug-likeness (QED) is 0.703. The van der Waals surface area contributed by atoms with Crippen molar-refractivity contribution in [2.45, 2.75) is 6.92 Å². The Morgan fingerprint density at radius 1 is 1.71 bits per heavy atom. The second-order valence-corrected chi connectivity index (χ2v) is 2.52. The molecule has 0 radical (unpaired) electrons. The van der Waals surface area contributed by atoms with Crippen molar-refractivity contribution < 1.29 is 9.90 Å². The van der Waals surface area contributed by atoms with Crippen LogP contribution in [0, 0.1) is 11.8 Å². The number of rotatable bonds is 3. The topological polar surface area (TPSA) is 62.2 Å². The van der Waals surface area contributed by atoms with Crippen molar-refractivity contribution in [1.82, 2.24) is 4.98 Å². The molecular weight excluding hydrogens is 180 g/mol. The molecule has 4 nitrogen and oxygen atoms in total. The summed E-state index contributed by atoms with van der Waals surface area (Å²) in [4.78, 5) is 14.6. The number of aromatic carboxylic acids is 1. The average molecular weight is 190 g/mol. The van der Waals surface area contributed by atoms with Crippen molar-refractivity contribution in [3.05, 3.63) is 23.9 Å². The highest BCUT2D eigenvalue weighted by atomic mass is 16.4. The van der Waals surface area contributed by atoms with Crippen molar-refractivity contribution >= 4 is 11.8 Å². The lowest BCUT2D eigenvalue weighted by molar-refractivity contribution is 0.0697. The highest BCUT2D eigenvalue weighted by molar-refractivity contribution is 5.88. The SMILES string of the molecule is CC#CCNc1cc(C(=O)O)ccn1. The van der Waals surface area contributed by atoms with Crippen LogP contribution in [0.15, 0.2) is 18.3 Å². The normalized spacial score (nSPS) is 8.64. The lowest BCUT2D eigenvalue weighted by Gasteiger charge is -2.01. The molecule has 0 bridgehead atoms. The van der Waals surface area contributed by atoms with Crippen LogP contribution in [0.5, 0.6) is 0 Å². The summed E-state index contributed by atoms with van der Waals surface area (Å²) in [5.41, 5.74) is 0.215. The maximum atomic E-state index is 10.6. The summed E-state index contributed by atoms with van der Waals surface area (Å²) >= 11 is 0. The number of nitrogens with one attached hydrogen (secondary N) is 1. The first-order valence-electron chi connectivity index (χ1n) is 4.07. The molecule has 0 aliphatic heterocycles. The molecule has 14 heavy (non-hydrogen) atoms. The zero-order valence-corrected chi connectivity index (χ0v) is 7.74. The molecule has 1 heterocycles. The number of pyridine rings is 1. The fourth-order valence-corrected chi connectivity index (χ4v) is 0.883. The second-order valence-electron chi connectivity index (χ2n) is 2.52. The first-order valence-corrected chi connectivity index (χ1v) is 4.07. The van der Waals surface area contributed by atoms with Gasteiger partial charge >= 0.3 is 5.97 Å². The summed E-state index contributed by atoms with van der Waals surface area (Å²) in [6, 6.07) is 2.92. The van der Waals surface area contributed by atoms with E-state index in [1.165, 1.54) is 18.3 Å². The number of carbonyl (C=O) groups is 1. The highest BCUT2D eigenvalue weighted by Crippen LogP contribution is 2.05. The first-order chi connectivity index (χ1) is 6.74. The zero-order valence-electron chi connectivity index (χ0n) is 7.74. The minimum absolute atomic E-state index is 0.215. The zero-order chi connectivity index (χ0) is 10.4. The van der Waals surface area contributed by atoms with Gasteiger partial charge in [-0.1, -0.05) is 5.92 Å². The van der Waals surface area contributed by atoms with Gasteiger partial charge in [0.2, 0.25) is 0 Å². The van der Waals surface area contributed by atoms with Gasteiger partial charge in [0.05, 0.1) is 12.1 Å². The van der Waals surface area contributed by atoms with Gasteiger partial charge in [0.25, 0.3) is 0 Å². The largest absolute Gasteiger partial charge is 0.478 e. The number of carboxylic acid groups (broad SMARTS) is 1. The van der Waals surface area contributed by atoms with Crippen LogP contribution in [0.2, 0.25) is 0 Å². The number of aromatic nitrogens is 1. The lowest BCUT2D eigenvalue weighted by Crippen LogP contribution is -2.03. The van der Waals surface area contributed by atoms with E-state index in [9.17, 15) is 4.79 Å². The Bertz CT molecular complexity index is 391. The molecule has 72 valence electrons. The third-order valence-electron chi connectivity index (χ3n) is 1.54. The molecule has 0 atom stereocenters. The van der Waals surface area contributed by atoms with Gasteiger partial charge in [-0.2, -0.15) is 0 Å². The Kier molecular flexibility index (Phi) is 3.50. The van der Waals surface area contributed by atoms with Gasteiger partial charge in [0, 0.05) is 6.20 Å². The molecule has 0 saturated carbocycles. The van der Waals surface area contributed by atoms with Crippen molar-refractivity contribution in [2.75, 3.05) is 11.9 Å². The predicted molar refractivity (Wildman–Crippen MR) is 53.1 cm³/mol. The van der Waals surface area contributed by atoms with E-state index in [4.69, 9.17) is 5.11 Å². The van der Waals surface area contributed by atoms with Gasteiger partial charge in [0.1, 0.15) is 5.82 Å². The van der Waals surface area contributed by atoms with Gasteiger partial charge < -0.3 is 10.4 Å². The molecule has 0 fully saturated rings. The van der Waals surface area contributed by atoms with E-state index >= 15 is 0 Å². The van der Waals surface area contributed by atoms with Gasteiger partial charge in [-0.15, -0.1) is 5.92 Å². The molecule has 0 aromatic carbocycles. The molecule has 4 heteroatoms. The minimum Gasteiger partial charge on any atom is -0.478 e. The fraction of sp³-hybridized carbons (Fsp3) is 0.200. The van der Waals surface area contributed by atoms with Gasteiger partial charge in [-0.3, -0.25) is 0 Å². The monoisotopic (exact) mass is 190 g/mol. The maximum Gasteiger partial charge on any atom is 0.335 e. The Morgan fingerprint density at radius 3 is 3.14 bits per heavy atom. The van der Waals surface area contributed by atoms with Crippen molar-refractivity contribution in [3.63, 3.8) is 0 Å². The summed E-state index contributed by atoms with van der Waals surface area (Å²) in [6.07, 6.45) is 1.45. The standard InChI is InChI=1S/C10H10N2O2/c1-2-3-5-11-9-7-8(10(13)14)4-6-12-9/h4,6-7H,5H2,1H3,(H,11,12)(H,13,14). The van der Waals surface area contributed by atoms with Crippen LogP contribution in [-0.4, -0.2) is 22.6 Å². The van der Waals surface area contributed by atoms with Crippen LogP contribution in [0.25, 0.3) is 0 Å². The smallest absolute Gasteiger partial charge is 0.335 e. The van der Waals surface area contributed by atoms with E-state index in [1.54, 1.807) is 6.92 Å². The molecule has 2 N–H and O–H groups in total. The molecule has 0 aliphatic carbocycles. The molecule has 1 aromatic rings. The Balaban J connectivity index is 2.71. The van der Waals surface area contributed by atoms with E-state index in [0.717, 1.165) is 0 Å². The minimum atomic E-state index is -0.961. The first kappa shape index (κ1) is 10.1. The maximum absolute atomic E-state index is 10.6. The molecular formula is C10H10N2O2. The predicted octanol–water partition coefficient (Wildman–Crippen LogP) is 1.22. The number of carboxylic acids is 1. The third-order valence-corrected chi connectivity index (χ3v) is 1.54. The summed E-state index contributed by atoms with van der Waals surface area (Å²) in [5.74, 6) is 5.08. The summed E-state index contributed by atoms with van der Waals surface area (Å²) < 4.78 is 0. The lowest BCUT2D eigenvalue weighted by atomic mass is 10.2. The Hall–Kier alpha value is -2.02. The van der Waals surface area contributed by atoms with E-state index in [0.29, 0.717) is 12.4 Å². The molecule has 0 amide bonds. The summed E-state index contributed by atoms with van der Waals surface area (Å²) in [6.45, 7) is 2.20. The van der Waals surface area contributed by atoms with Gasteiger partial charge in [0.15, 0.2) is 0 Å². The van der Waals surface area contributed by atoms with Crippen LogP contribution in [-0.2, 0) is 0 Å². The second kappa shape index (κ2) is 4.87. The van der Waals surface area contributed by atoms with Crippen LogP contribution < -0.4 is 5.32 Å². The number of nitrogens with zero attached hydrogens (tertiary/aromatic N) is 1. The highest BCUT2D eigenvalue weighted by Gasteiger charge is 2.02. The van der Waals surface area contributed by atoms with Crippen LogP contribution in [0.3, 0.4) is 0 Å². The number of hydrogen-bond acceptors (Lipinski definition) is 3. The molecule has 0 aliphatic rings. The van der Waals surface area contributed by atoms with E-state index < -0.39 is 5.97 Å². The molecule has 1 rings (SSSR count). The third kappa shape index (κ3) is 2.79. The Morgan fingerprint density at radius 2 is 2.50 bits per heavy atom. The van der Waals surface area contributed by atoms with Crippen LogP contribution >= 0.6 is 0 Å². The fourth-order valence-electron chi connectivity index (χ4n) is 0.883. The van der Waals surface area contributed by atoms with Crippen LogP contribution in [0.4, 0.5) is 5.82 Å². The van der Waals surface area contributed by atoms with Crippen molar-refractivity contribution in [3.8, 4) is 11.8 Å². The van der Waals surface area contributed by atoms with E-state index in [-0.39, 0.29) is 5.56 Å². The van der Waals surface area contributed by atoms with Gasteiger partial charge in [-0.05, 0) is 19.1 Å². The Labute approximate surface area is 82.0 Å².